The van der Waals surface area contributed by atoms with Crippen molar-refractivity contribution in [3.63, 3.8) is 0 Å². The molecular formula is C23H25N3O2. The van der Waals surface area contributed by atoms with Gasteiger partial charge in [-0.3, -0.25) is 4.79 Å². The molecule has 1 aliphatic carbocycles. The van der Waals surface area contributed by atoms with E-state index in [4.69, 9.17) is 9.51 Å². The van der Waals surface area contributed by atoms with Crippen LogP contribution in [0.4, 0.5) is 0 Å². The lowest BCUT2D eigenvalue weighted by molar-refractivity contribution is 0.0805. The van der Waals surface area contributed by atoms with Crippen LogP contribution < -0.4 is 5.32 Å². The summed E-state index contributed by atoms with van der Waals surface area (Å²) in [4.78, 5) is 17.5. The highest BCUT2D eigenvalue weighted by Crippen LogP contribution is 2.41. The van der Waals surface area contributed by atoms with Crippen LogP contribution in [0.25, 0.3) is 0 Å². The van der Waals surface area contributed by atoms with Gasteiger partial charge in [0.05, 0.1) is 5.92 Å². The number of rotatable bonds is 6. The maximum atomic E-state index is 12.7. The number of carbonyl (C=O) groups is 1. The highest BCUT2D eigenvalue weighted by Gasteiger charge is 2.45. The van der Waals surface area contributed by atoms with Crippen molar-refractivity contribution in [3.05, 3.63) is 83.5 Å². The Bertz CT molecular complexity index is 931. The van der Waals surface area contributed by atoms with E-state index in [9.17, 15) is 4.79 Å². The summed E-state index contributed by atoms with van der Waals surface area (Å²) in [5, 5.41) is 7.44. The van der Waals surface area contributed by atoms with E-state index in [0.29, 0.717) is 23.2 Å². The fraction of sp³-hybridized carbons (Fsp3) is 0.348. The average Bonchev–Trinajstić information content (AvgIpc) is 3.15. The van der Waals surface area contributed by atoms with E-state index in [0.717, 1.165) is 24.8 Å². The number of benzene rings is 2. The third kappa shape index (κ3) is 3.44. The van der Waals surface area contributed by atoms with Gasteiger partial charge in [-0.2, -0.15) is 4.98 Å². The maximum Gasteiger partial charge on any atom is 0.252 e. The predicted octanol–water partition coefficient (Wildman–Crippen LogP) is 4.67. The SMILES string of the molecule is CC(C)C(c1ccccc1)c1nc(C2(NC(=O)c3ccccc3)CCC2)no1. The molecule has 1 aliphatic rings. The fourth-order valence-electron chi connectivity index (χ4n) is 3.84. The van der Waals surface area contributed by atoms with Crippen LogP contribution in [0, 0.1) is 5.92 Å². The number of nitrogens with one attached hydrogen (secondary N) is 1. The lowest BCUT2D eigenvalue weighted by Crippen LogP contribution is -2.51. The molecule has 3 aromatic rings. The van der Waals surface area contributed by atoms with Gasteiger partial charge < -0.3 is 9.84 Å². The van der Waals surface area contributed by atoms with Crippen LogP contribution in [0.1, 0.15) is 66.7 Å². The first-order valence-corrected chi connectivity index (χ1v) is 9.86. The average molecular weight is 375 g/mol. The minimum absolute atomic E-state index is 0.0319. The van der Waals surface area contributed by atoms with Crippen LogP contribution in [0.3, 0.4) is 0 Å². The van der Waals surface area contributed by atoms with Gasteiger partial charge in [0.15, 0.2) is 5.82 Å². The van der Waals surface area contributed by atoms with E-state index in [1.54, 1.807) is 0 Å². The smallest absolute Gasteiger partial charge is 0.252 e. The summed E-state index contributed by atoms with van der Waals surface area (Å²) in [5.74, 6) is 1.43. The summed E-state index contributed by atoms with van der Waals surface area (Å²) >= 11 is 0. The zero-order chi connectivity index (χ0) is 19.6. The molecule has 0 saturated heterocycles. The first kappa shape index (κ1) is 18.4. The van der Waals surface area contributed by atoms with Crippen molar-refractivity contribution in [1.29, 1.82) is 0 Å². The van der Waals surface area contributed by atoms with Crippen LogP contribution in [-0.4, -0.2) is 16.0 Å². The van der Waals surface area contributed by atoms with E-state index >= 15 is 0 Å². The van der Waals surface area contributed by atoms with E-state index in [2.05, 4.69) is 36.5 Å². The number of aromatic nitrogens is 2. The lowest BCUT2D eigenvalue weighted by Gasteiger charge is -2.39. The van der Waals surface area contributed by atoms with Gasteiger partial charge in [0.1, 0.15) is 5.54 Å². The molecule has 2 aromatic carbocycles. The minimum Gasteiger partial charge on any atom is -0.339 e. The van der Waals surface area contributed by atoms with Crippen molar-refractivity contribution in [2.45, 2.75) is 44.6 Å². The van der Waals surface area contributed by atoms with Crippen molar-refractivity contribution in [2.75, 3.05) is 0 Å². The zero-order valence-corrected chi connectivity index (χ0v) is 16.3. The molecule has 1 saturated carbocycles. The summed E-state index contributed by atoms with van der Waals surface area (Å²) in [6.07, 6.45) is 2.68. The summed E-state index contributed by atoms with van der Waals surface area (Å²) in [6, 6.07) is 19.5. The predicted molar refractivity (Wildman–Crippen MR) is 107 cm³/mol. The van der Waals surface area contributed by atoms with Crippen molar-refractivity contribution in [1.82, 2.24) is 15.5 Å². The van der Waals surface area contributed by atoms with E-state index in [1.807, 2.05) is 48.5 Å². The Labute approximate surface area is 165 Å². The van der Waals surface area contributed by atoms with Gasteiger partial charge in [-0.1, -0.05) is 67.5 Å². The molecule has 1 aromatic heterocycles. The zero-order valence-electron chi connectivity index (χ0n) is 16.3. The lowest BCUT2D eigenvalue weighted by atomic mass is 9.75. The molecule has 0 bridgehead atoms. The molecule has 0 radical (unpaired) electrons. The Kier molecular flexibility index (Phi) is 4.99. The van der Waals surface area contributed by atoms with E-state index in [-0.39, 0.29) is 11.8 Å². The number of hydrogen-bond acceptors (Lipinski definition) is 4. The monoisotopic (exact) mass is 375 g/mol. The Balaban J connectivity index is 1.60. The maximum absolute atomic E-state index is 12.7. The van der Waals surface area contributed by atoms with Crippen LogP contribution in [0.2, 0.25) is 0 Å². The standard InChI is InChI=1S/C23H25N3O2/c1-16(2)19(17-10-5-3-6-11-17)21-24-22(26-28-21)23(14-9-15-23)25-20(27)18-12-7-4-8-13-18/h3-8,10-13,16,19H,9,14-15H2,1-2H3,(H,25,27). The van der Waals surface area contributed by atoms with Gasteiger partial charge in [0.2, 0.25) is 5.89 Å². The van der Waals surface area contributed by atoms with Crippen molar-refractivity contribution in [2.24, 2.45) is 5.92 Å². The molecule has 28 heavy (non-hydrogen) atoms. The van der Waals surface area contributed by atoms with Crippen LogP contribution in [-0.2, 0) is 5.54 Å². The second-order valence-corrected chi connectivity index (χ2v) is 7.84. The van der Waals surface area contributed by atoms with Crippen LogP contribution >= 0.6 is 0 Å². The van der Waals surface area contributed by atoms with Gasteiger partial charge in [-0.25, -0.2) is 0 Å². The van der Waals surface area contributed by atoms with Crippen LogP contribution in [0.15, 0.2) is 65.2 Å². The second-order valence-electron chi connectivity index (χ2n) is 7.84. The molecular weight excluding hydrogens is 350 g/mol. The van der Waals surface area contributed by atoms with Crippen LogP contribution in [0.5, 0.6) is 0 Å². The highest BCUT2D eigenvalue weighted by atomic mass is 16.5. The number of amides is 1. The molecule has 1 heterocycles. The third-order valence-corrected chi connectivity index (χ3v) is 5.56. The highest BCUT2D eigenvalue weighted by molar-refractivity contribution is 5.94. The van der Waals surface area contributed by atoms with Crippen molar-refractivity contribution >= 4 is 5.91 Å². The molecule has 1 unspecified atom stereocenters. The Morgan fingerprint density at radius 2 is 1.68 bits per heavy atom. The Hall–Kier alpha value is -2.95. The molecule has 1 atom stereocenters. The van der Waals surface area contributed by atoms with Gasteiger partial charge in [-0.05, 0) is 42.9 Å². The van der Waals surface area contributed by atoms with Gasteiger partial charge in [0.25, 0.3) is 5.91 Å². The topological polar surface area (TPSA) is 68.0 Å². The summed E-state index contributed by atoms with van der Waals surface area (Å²) < 4.78 is 5.70. The minimum atomic E-state index is -0.535. The molecule has 5 heteroatoms. The fourth-order valence-corrected chi connectivity index (χ4v) is 3.84. The number of nitrogens with zero attached hydrogens (tertiary/aromatic N) is 2. The number of hydrogen-bond donors (Lipinski definition) is 1. The van der Waals surface area contributed by atoms with Crippen molar-refractivity contribution < 1.29 is 9.32 Å². The number of carbonyl (C=O) groups excluding carboxylic acids is 1. The third-order valence-electron chi connectivity index (χ3n) is 5.56. The Morgan fingerprint density at radius 3 is 2.25 bits per heavy atom. The van der Waals surface area contributed by atoms with Crippen molar-refractivity contribution in [3.8, 4) is 0 Å². The van der Waals surface area contributed by atoms with Gasteiger partial charge >= 0.3 is 0 Å². The molecule has 1 fully saturated rings. The summed E-state index contributed by atoms with van der Waals surface area (Å²) in [7, 11) is 0. The molecule has 0 aliphatic heterocycles. The first-order chi connectivity index (χ1) is 13.6. The molecule has 1 N–H and O–H groups in total. The summed E-state index contributed by atoms with van der Waals surface area (Å²) in [6.45, 7) is 4.30. The first-order valence-electron chi connectivity index (χ1n) is 9.86. The van der Waals surface area contributed by atoms with E-state index in [1.165, 1.54) is 0 Å². The Morgan fingerprint density at radius 1 is 1.04 bits per heavy atom. The molecule has 5 nitrogen and oxygen atoms in total. The molecule has 1 amide bonds. The molecule has 4 rings (SSSR count). The second kappa shape index (κ2) is 7.58. The normalized spacial score (nSPS) is 16.4. The van der Waals surface area contributed by atoms with Gasteiger partial charge in [0, 0.05) is 5.56 Å². The largest absolute Gasteiger partial charge is 0.339 e. The van der Waals surface area contributed by atoms with E-state index < -0.39 is 5.54 Å². The quantitative estimate of drug-likeness (QED) is 0.680. The summed E-state index contributed by atoms with van der Waals surface area (Å²) in [5.41, 5.74) is 1.26. The van der Waals surface area contributed by atoms with Gasteiger partial charge in [-0.15, -0.1) is 0 Å². The molecule has 144 valence electrons. The molecule has 0 spiro atoms.